The number of piperazine rings is 1. The molecule has 4 aliphatic rings. The van der Waals surface area contributed by atoms with Gasteiger partial charge in [-0.3, -0.25) is 9.69 Å². The fourth-order valence-corrected chi connectivity index (χ4v) is 3.26. The van der Waals surface area contributed by atoms with E-state index in [4.69, 9.17) is 4.74 Å². The Morgan fingerprint density at radius 2 is 1.95 bits per heavy atom. The molecule has 0 radical (unpaired) electrons. The third-order valence-corrected chi connectivity index (χ3v) is 4.24. The molecule has 2 amide bonds. The van der Waals surface area contributed by atoms with Crippen molar-refractivity contribution < 1.29 is 14.3 Å². The van der Waals surface area contributed by atoms with Crippen molar-refractivity contribution >= 4 is 12.0 Å². The molecule has 3 aliphatic heterocycles. The van der Waals surface area contributed by atoms with Crippen LogP contribution in [0.3, 0.4) is 0 Å². The molecule has 3 saturated heterocycles. The summed E-state index contributed by atoms with van der Waals surface area (Å²) in [7, 11) is 0. The minimum Gasteiger partial charge on any atom is -0.444 e. The monoisotopic (exact) mass is 266 g/mol. The minimum absolute atomic E-state index is 0.100. The maximum atomic E-state index is 12.5. The van der Waals surface area contributed by atoms with E-state index in [-0.39, 0.29) is 18.0 Å². The van der Waals surface area contributed by atoms with Gasteiger partial charge in [-0.2, -0.15) is 0 Å². The third-order valence-electron chi connectivity index (χ3n) is 4.24. The van der Waals surface area contributed by atoms with Crippen molar-refractivity contribution in [2.24, 2.45) is 0 Å². The lowest BCUT2D eigenvalue weighted by atomic mass is 9.75. The Balaban J connectivity index is 1.75. The van der Waals surface area contributed by atoms with Crippen molar-refractivity contribution in [3.8, 4) is 0 Å². The van der Waals surface area contributed by atoms with Crippen LogP contribution >= 0.6 is 0 Å². The fraction of sp³-hybridized carbons (Fsp3) is 0.857. The van der Waals surface area contributed by atoms with Gasteiger partial charge in [0.25, 0.3) is 0 Å². The van der Waals surface area contributed by atoms with Crippen LogP contribution in [0.1, 0.15) is 47.0 Å². The molecule has 4 rings (SSSR count). The minimum atomic E-state index is -0.673. The Morgan fingerprint density at radius 3 is 2.47 bits per heavy atom. The highest BCUT2D eigenvalue weighted by molar-refractivity contribution is 5.94. The highest BCUT2D eigenvalue weighted by Crippen LogP contribution is 2.46. The number of hydrogen-bond donors (Lipinski definition) is 0. The van der Waals surface area contributed by atoms with Crippen molar-refractivity contribution in [3.05, 3.63) is 0 Å². The second-order valence-electron chi connectivity index (χ2n) is 7.17. The zero-order valence-electron chi connectivity index (χ0n) is 12.1. The Kier molecular flexibility index (Phi) is 2.45. The maximum absolute atomic E-state index is 12.5. The summed E-state index contributed by atoms with van der Waals surface area (Å²) in [6.07, 6.45) is 2.64. The summed E-state index contributed by atoms with van der Waals surface area (Å²) in [4.78, 5) is 28.4. The maximum Gasteiger partial charge on any atom is 0.411 e. The Labute approximate surface area is 113 Å². The van der Waals surface area contributed by atoms with Gasteiger partial charge in [0.05, 0.1) is 6.04 Å². The average Bonchev–Trinajstić information content (AvgIpc) is 3.01. The van der Waals surface area contributed by atoms with Crippen molar-refractivity contribution in [2.75, 3.05) is 6.54 Å². The number of amides is 2. The zero-order valence-corrected chi connectivity index (χ0v) is 12.1. The molecule has 0 aromatic heterocycles. The molecule has 0 N–H and O–H groups in total. The second kappa shape index (κ2) is 3.64. The largest absolute Gasteiger partial charge is 0.444 e. The standard InChI is InChI=1S/C14H22N2O3/c1-13(2,3)19-12(18)16-10-7-14(16,4)11(17)15(8-10)9-5-6-9/h9-10H,5-8H2,1-4H3. The van der Waals surface area contributed by atoms with Gasteiger partial charge in [-0.1, -0.05) is 0 Å². The summed E-state index contributed by atoms with van der Waals surface area (Å²) in [6.45, 7) is 8.09. The number of fused-ring (bicyclic) bond motifs is 2. The van der Waals surface area contributed by atoms with Crippen LogP contribution < -0.4 is 0 Å². The van der Waals surface area contributed by atoms with E-state index < -0.39 is 11.1 Å². The first kappa shape index (κ1) is 12.8. The topological polar surface area (TPSA) is 49.9 Å². The highest BCUT2D eigenvalue weighted by Gasteiger charge is 2.63. The second-order valence-corrected chi connectivity index (χ2v) is 7.17. The number of carbonyl (C=O) groups is 2. The SMILES string of the molecule is CC(C)(C)OC(=O)N1C2CN(C3CC3)C(=O)C1(C)C2. The van der Waals surface area contributed by atoms with Crippen LogP contribution in [0.25, 0.3) is 0 Å². The quantitative estimate of drug-likeness (QED) is 0.726. The molecule has 3 heterocycles. The third kappa shape index (κ3) is 1.90. The summed E-state index contributed by atoms with van der Waals surface area (Å²) in [5.74, 6) is 0.100. The molecule has 4 fully saturated rings. The molecule has 5 heteroatoms. The first-order valence-electron chi connectivity index (χ1n) is 7.06. The molecule has 2 bridgehead atoms. The first-order valence-corrected chi connectivity index (χ1v) is 7.06. The predicted molar refractivity (Wildman–Crippen MR) is 69.6 cm³/mol. The Morgan fingerprint density at radius 1 is 1.32 bits per heavy atom. The normalized spacial score (nSPS) is 34.1. The average molecular weight is 266 g/mol. The zero-order chi connectivity index (χ0) is 14.0. The molecule has 0 spiro atoms. The number of rotatable bonds is 1. The van der Waals surface area contributed by atoms with Crippen LogP contribution in [0.15, 0.2) is 0 Å². The Bertz CT molecular complexity index is 438. The van der Waals surface area contributed by atoms with Gasteiger partial charge >= 0.3 is 6.09 Å². The molecule has 106 valence electrons. The predicted octanol–water partition coefficient (Wildman–Crippen LogP) is 1.76. The van der Waals surface area contributed by atoms with Crippen LogP contribution in [-0.4, -0.2) is 51.6 Å². The van der Waals surface area contributed by atoms with E-state index >= 15 is 0 Å². The molecule has 5 nitrogen and oxygen atoms in total. The van der Waals surface area contributed by atoms with Crippen molar-refractivity contribution in [1.29, 1.82) is 0 Å². The first-order chi connectivity index (χ1) is 8.72. The summed E-state index contributed by atoms with van der Waals surface area (Å²) in [5, 5.41) is 0. The fourth-order valence-electron chi connectivity index (χ4n) is 3.26. The summed E-state index contributed by atoms with van der Waals surface area (Å²) in [5.41, 5.74) is -1.19. The van der Waals surface area contributed by atoms with Crippen LogP contribution in [0.5, 0.6) is 0 Å². The molecule has 0 aromatic rings. The number of carbonyl (C=O) groups excluding carboxylic acids is 2. The summed E-state index contributed by atoms with van der Waals surface area (Å²) < 4.78 is 5.42. The summed E-state index contributed by atoms with van der Waals surface area (Å²) >= 11 is 0. The lowest BCUT2D eigenvalue weighted by Crippen LogP contribution is -2.79. The van der Waals surface area contributed by atoms with E-state index in [2.05, 4.69) is 0 Å². The van der Waals surface area contributed by atoms with Crippen LogP contribution in [-0.2, 0) is 9.53 Å². The van der Waals surface area contributed by atoms with Crippen LogP contribution in [0.2, 0.25) is 0 Å². The number of nitrogens with zero attached hydrogens (tertiary/aromatic N) is 2. The van der Waals surface area contributed by atoms with Gasteiger partial charge < -0.3 is 9.64 Å². The molecular weight excluding hydrogens is 244 g/mol. The van der Waals surface area contributed by atoms with Gasteiger partial charge in [0.15, 0.2) is 0 Å². The van der Waals surface area contributed by atoms with Crippen molar-refractivity contribution in [2.45, 2.75) is 70.2 Å². The van der Waals surface area contributed by atoms with Crippen LogP contribution in [0.4, 0.5) is 4.79 Å². The van der Waals surface area contributed by atoms with E-state index in [1.165, 1.54) is 0 Å². The smallest absolute Gasteiger partial charge is 0.411 e. The highest BCUT2D eigenvalue weighted by atomic mass is 16.6. The van der Waals surface area contributed by atoms with E-state index in [0.717, 1.165) is 19.3 Å². The Hall–Kier alpha value is -1.26. The number of piperidine rings is 1. The summed E-state index contributed by atoms with van der Waals surface area (Å²) in [6, 6.07) is 0.563. The number of hydrogen-bond acceptors (Lipinski definition) is 3. The van der Waals surface area contributed by atoms with Crippen LogP contribution in [0, 0.1) is 0 Å². The molecule has 2 unspecified atom stereocenters. The molecule has 19 heavy (non-hydrogen) atoms. The van der Waals surface area contributed by atoms with E-state index in [9.17, 15) is 9.59 Å². The molecular formula is C14H22N2O3. The van der Waals surface area contributed by atoms with Gasteiger partial charge in [-0.15, -0.1) is 0 Å². The van der Waals surface area contributed by atoms with E-state index in [1.54, 1.807) is 4.90 Å². The van der Waals surface area contributed by atoms with Crippen molar-refractivity contribution in [3.63, 3.8) is 0 Å². The van der Waals surface area contributed by atoms with Crippen molar-refractivity contribution in [1.82, 2.24) is 9.80 Å². The van der Waals surface area contributed by atoms with Gasteiger partial charge in [0, 0.05) is 19.0 Å². The van der Waals surface area contributed by atoms with Gasteiger partial charge in [0.1, 0.15) is 11.1 Å². The molecule has 0 aromatic carbocycles. The molecule has 1 aliphatic carbocycles. The van der Waals surface area contributed by atoms with E-state index in [0.29, 0.717) is 12.6 Å². The van der Waals surface area contributed by atoms with Gasteiger partial charge in [-0.05, 0) is 40.5 Å². The van der Waals surface area contributed by atoms with E-state index in [1.807, 2.05) is 32.6 Å². The molecule has 2 atom stereocenters. The number of ether oxygens (including phenoxy) is 1. The van der Waals surface area contributed by atoms with Gasteiger partial charge in [0.2, 0.25) is 5.91 Å². The van der Waals surface area contributed by atoms with Gasteiger partial charge in [-0.25, -0.2) is 4.79 Å². The lowest BCUT2D eigenvalue weighted by Gasteiger charge is -2.61. The lowest BCUT2D eigenvalue weighted by molar-refractivity contribution is -0.176. The molecule has 1 saturated carbocycles.